The molecule has 0 aliphatic carbocycles. The van der Waals surface area contributed by atoms with E-state index in [0.29, 0.717) is 12.8 Å². The van der Waals surface area contributed by atoms with Gasteiger partial charge in [0.2, 0.25) is 0 Å². The lowest BCUT2D eigenvalue weighted by Gasteiger charge is -2.27. The molecular weight excluding hydrogens is 488 g/mol. The summed E-state index contributed by atoms with van der Waals surface area (Å²) in [5.74, 6) is -0.205. The zero-order chi connectivity index (χ0) is 19.9. The molecule has 0 unspecified atom stereocenters. The molecule has 2 aromatic rings. The van der Waals surface area contributed by atoms with Gasteiger partial charge in [-0.1, -0.05) is 92.5 Å². The highest BCUT2D eigenvalue weighted by atomic mass is 79.9. The molecule has 2 aliphatic heterocycles. The quantitative estimate of drug-likeness (QED) is 0.387. The third kappa shape index (κ3) is 5.67. The summed E-state index contributed by atoms with van der Waals surface area (Å²) in [4.78, 5) is 22.8. The summed E-state index contributed by atoms with van der Waals surface area (Å²) >= 11 is 7.08. The first-order valence-corrected chi connectivity index (χ1v) is 11.1. The minimum atomic E-state index is -0.127. The Morgan fingerprint density at radius 2 is 1.00 bits per heavy atom. The number of rotatable bonds is 2. The van der Waals surface area contributed by atoms with Gasteiger partial charge in [0.1, 0.15) is 12.2 Å². The Morgan fingerprint density at radius 3 is 1.36 bits per heavy atom. The van der Waals surface area contributed by atoms with Gasteiger partial charge in [-0.25, -0.2) is 0 Å². The first kappa shape index (κ1) is 21.1. The number of hydrogen-bond donors (Lipinski definition) is 0. The molecule has 4 nitrogen and oxygen atoms in total. The molecule has 2 aromatic carbocycles. The van der Waals surface area contributed by atoms with E-state index in [-0.39, 0.29) is 33.8 Å². The van der Waals surface area contributed by atoms with Gasteiger partial charge in [-0.2, -0.15) is 0 Å². The largest absolute Gasteiger partial charge is 0.456 e. The van der Waals surface area contributed by atoms with E-state index in [2.05, 4.69) is 31.9 Å². The smallest absolute Gasteiger partial charge is 0.306 e. The van der Waals surface area contributed by atoms with Crippen LogP contribution >= 0.6 is 31.9 Å². The summed E-state index contributed by atoms with van der Waals surface area (Å²) in [6.45, 7) is 0. The van der Waals surface area contributed by atoms with E-state index in [1.54, 1.807) is 0 Å². The van der Waals surface area contributed by atoms with Crippen molar-refractivity contribution in [3.05, 3.63) is 71.8 Å². The first-order chi connectivity index (χ1) is 13.5. The van der Waals surface area contributed by atoms with Crippen LogP contribution in [-0.2, 0) is 19.1 Å². The Bertz CT molecular complexity index is 714. The molecule has 4 rings (SSSR count). The molecule has 6 heteroatoms. The number of halogens is 2. The van der Waals surface area contributed by atoms with Crippen LogP contribution in [0.15, 0.2) is 60.7 Å². The average molecular weight is 510 g/mol. The van der Waals surface area contributed by atoms with Crippen molar-refractivity contribution in [1.82, 2.24) is 0 Å². The van der Waals surface area contributed by atoms with Crippen molar-refractivity contribution in [2.75, 3.05) is 0 Å². The zero-order valence-electron chi connectivity index (χ0n) is 15.3. The molecule has 0 saturated carbocycles. The summed E-state index contributed by atoms with van der Waals surface area (Å²) in [6.07, 6.45) is 2.46. The first-order valence-electron chi connectivity index (χ1n) is 9.31. The second kappa shape index (κ2) is 10.2. The molecule has 0 N–H and O–H groups in total. The molecular formula is C22H22Br2O4. The molecule has 0 bridgehead atoms. The number of alkyl halides is 2. The van der Waals surface area contributed by atoms with E-state index in [0.717, 1.165) is 24.0 Å². The molecule has 28 heavy (non-hydrogen) atoms. The van der Waals surface area contributed by atoms with Crippen LogP contribution < -0.4 is 0 Å². The molecule has 4 atom stereocenters. The number of carbonyl (C=O) groups excluding carboxylic acids is 2. The van der Waals surface area contributed by atoms with Crippen molar-refractivity contribution >= 4 is 43.8 Å². The second-order valence-corrected chi connectivity index (χ2v) is 9.10. The minimum absolute atomic E-state index is 0.102. The lowest BCUT2D eigenvalue weighted by atomic mass is 10.0. The van der Waals surface area contributed by atoms with E-state index in [1.165, 1.54) is 0 Å². The van der Waals surface area contributed by atoms with Crippen LogP contribution in [0, 0.1) is 0 Å². The van der Waals surface area contributed by atoms with Gasteiger partial charge in [-0.3, -0.25) is 9.59 Å². The Kier molecular flexibility index (Phi) is 7.68. The Morgan fingerprint density at radius 1 is 0.643 bits per heavy atom. The number of benzene rings is 2. The molecule has 2 fully saturated rings. The van der Waals surface area contributed by atoms with Gasteiger partial charge in [-0.15, -0.1) is 0 Å². The average Bonchev–Trinajstić information content (AvgIpc) is 2.73. The predicted molar refractivity (Wildman–Crippen MR) is 114 cm³/mol. The molecule has 0 radical (unpaired) electrons. The highest BCUT2D eigenvalue weighted by Gasteiger charge is 2.30. The fourth-order valence-electron chi connectivity index (χ4n) is 3.20. The lowest BCUT2D eigenvalue weighted by Crippen LogP contribution is -2.26. The van der Waals surface area contributed by atoms with Crippen LogP contribution in [0.4, 0.5) is 0 Å². The highest BCUT2D eigenvalue weighted by molar-refractivity contribution is 9.09. The topological polar surface area (TPSA) is 52.6 Å². The Balaban J connectivity index is 0.000000161. The number of esters is 2. The summed E-state index contributed by atoms with van der Waals surface area (Å²) < 4.78 is 10.6. The van der Waals surface area contributed by atoms with Crippen molar-refractivity contribution in [1.29, 1.82) is 0 Å². The fourth-order valence-corrected chi connectivity index (χ4v) is 4.49. The molecule has 148 valence electrons. The lowest BCUT2D eigenvalue weighted by molar-refractivity contribution is -0.154. The van der Waals surface area contributed by atoms with Crippen LogP contribution in [0.1, 0.15) is 49.0 Å². The van der Waals surface area contributed by atoms with Gasteiger partial charge in [0.15, 0.2) is 0 Å². The van der Waals surface area contributed by atoms with Crippen molar-refractivity contribution in [3.8, 4) is 0 Å². The zero-order valence-corrected chi connectivity index (χ0v) is 18.5. The number of cyclic esters (lactones) is 2. The third-order valence-corrected chi connectivity index (χ3v) is 6.55. The molecule has 0 amide bonds. The van der Waals surface area contributed by atoms with Gasteiger partial charge in [0.25, 0.3) is 0 Å². The summed E-state index contributed by atoms with van der Waals surface area (Å²) in [5.41, 5.74) is 2.12. The van der Waals surface area contributed by atoms with Crippen LogP contribution in [0.25, 0.3) is 0 Å². The SMILES string of the molecule is O=C1CC[C@@H](Br)[C@H](c2ccccc2)O1.O=C1CC[C@@H](Br)[C@H](c2ccccc2)O1. The van der Waals surface area contributed by atoms with Crippen molar-refractivity contribution in [2.24, 2.45) is 0 Å². The number of ether oxygens (including phenoxy) is 2. The van der Waals surface area contributed by atoms with Crippen molar-refractivity contribution < 1.29 is 19.1 Å². The van der Waals surface area contributed by atoms with E-state index in [9.17, 15) is 9.59 Å². The maximum absolute atomic E-state index is 11.1. The van der Waals surface area contributed by atoms with Gasteiger partial charge >= 0.3 is 11.9 Å². The standard InChI is InChI=1S/2C11H11BrO2/c2*12-9-6-7-10(13)14-11(9)8-4-2-1-3-5-8/h2*1-5,9,11H,6-7H2/t2*9-,11+/m11/s1. The molecule has 0 aromatic heterocycles. The maximum atomic E-state index is 11.1. The van der Waals surface area contributed by atoms with Gasteiger partial charge in [0, 0.05) is 12.8 Å². The number of carbonyl (C=O) groups is 2. The van der Waals surface area contributed by atoms with Crippen molar-refractivity contribution in [3.63, 3.8) is 0 Å². The van der Waals surface area contributed by atoms with Gasteiger partial charge < -0.3 is 9.47 Å². The predicted octanol–water partition coefficient (Wildman–Crippen LogP) is 5.66. The van der Waals surface area contributed by atoms with E-state index >= 15 is 0 Å². The molecule has 2 aliphatic rings. The summed E-state index contributed by atoms with van der Waals surface area (Å²) in [7, 11) is 0. The highest BCUT2D eigenvalue weighted by Crippen LogP contribution is 2.34. The van der Waals surface area contributed by atoms with Crippen LogP contribution in [-0.4, -0.2) is 21.6 Å². The maximum Gasteiger partial charge on any atom is 0.306 e. The monoisotopic (exact) mass is 508 g/mol. The number of hydrogen-bond acceptors (Lipinski definition) is 4. The molecule has 2 saturated heterocycles. The molecule has 2 heterocycles. The van der Waals surface area contributed by atoms with Crippen LogP contribution in [0.3, 0.4) is 0 Å². The van der Waals surface area contributed by atoms with Crippen LogP contribution in [0.2, 0.25) is 0 Å². The third-order valence-electron chi connectivity index (χ3n) is 4.68. The fraction of sp³-hybridized carbons (Fsp3) is 0.364. The Labute approximate surface area is 181 Å². The normalized spacial score (nSPS) is 27.1. The minimum Gasteiger partial charge on any atom is -0.456 e. The van der Waals surface area contributed by atoms with E-state index in [1.807, 2.05) is 60.7 Å². The van der Waals surface area contributed by atoms with Crippen molar-refractivity contribution in [2.45, 2.75) is 47.5 Å². The Hall–Kier alpha value is -1.66. The van der Waals surface area contributed by atoms with Gasteiger partial charge in [-0.05, 0) is 24.0 Å². The van der Waals surface area contributed by atoms with Gasteiger partial charge in [0.05, 0.1) is 9.65 Å². The molecule has 0 spiro atoms. The summed E-state index contributed by atoms with van der Waals surface area (Å²) in [5, 5.41) is 0. The second-order valence-electron chi connectivity index (χ2n) is 6.75. The van der Waals surface area contributed by atoms with E-state index < -0.39 is 0 Å². The van der Waals surface area contributed by atoms with Crippen LogP contribution in [0.5, 0.6) is 0 Å². The summed E-state index contributed by atoms with van der Waals surface area (Å²) in [6, 6.07) is 19.7. The van der Waals surface area contributed by atoms with E-state index in [4.69, 9.17) is 9.47 Å².